The van der Waals surface area contributed by atoms with Crippen LogP contribution in [0.15, 0.2) is 146 Å². The molecule has 1 aromatic heterocycles. The van der Waals surface area contributed by atoms with Gasteiger partial charge < -0.3 is 4.74 Å². The second kappa shape index (κ2) is 11.8. The van der Waals surface area contributed by atoms with Gasteiger partial charge in [-0.25, -0.2) is 15.0 Å². The molecule has 6 aromatic carbocycles. The van der Waals surface area contributed by atoms with Crippen molar-refractivity contribution in [1.29, 1.82) is 5.26 Å². The summed E-state index contributed by atoms with van der Waals surface area (Å²) in [6, 6.07) is 51.3. The molecule has 7 aromatic rings. The highest BCUT2D eigenvalue weighted by molar-refractivity contribution is 5.82. The number of ether oxygens (including phenoxy) is 1. The van der Waals surface area contributed by atoms with E-state index < -0.39 is 5.60 Å². The highest BCUT2D eigenvalue weighted by Crippen LogP contribution is 2.46. The summed E-state index contributed by atoms with van der Waals surface area (Å²) >= 11 is 0. The SMILES string of the molecule is CC1(C)Oc2ccc(-c3nc(-c4ccc(C#N)cc4)nc(-c4cc(-c5ccccc5)cc(-c5ccccc5)c4)n3)cc2-c2ccccc21. The molecule has 0 aliphatic carbocycles. The predicted molar refractivity (Wildman–Crippen MR) is 191 cm³/mol. The Kier molecular flexibility index (Phi) is 7.12. The van der Waals surface area contributed by atoms with Gasteiger partial charge in [0.1, 0.15) is 11.4 Å². The standard InChI is InChI=1S/C43H30N4O/c1-43(2)38-16-10-9-15-36(38)37-26-32(21-22-39(37)48-43)41-45-40(31-19-17-28(27-44)18-20-31)46-42(47-41)35-24-33(29-11-5-3-6-12-29)23-34(25-35)30-13-7-4-8-14-30/h3-26H,1-2H3. The number of benzene rings is 6. The molecule has 228 valence electrons. The minimum Gasteiger partial charge on any atom is -0.482 e. The number of rotatable bonds is 5. The quantitative estimate of drug-likeness (QED) is 0.192. The van der Waals surface area contributed by atoms with Crippen LogP contribution >= 0.6 is 0 Å². The third-order valence-corrected chi connectivity index (χ3v) is 8.78. The Bertz CT molecular complexity index is 2280. The molecule has 5 nitrogen and oxygen atoms in total. The van der Waals surface area contributed by atoms with E-state index in [0.717, 1.165) is 61.4 Å². The zero-order valence-corrected chi connectivity index (χ0v) is 26.6. The number of hydrogen-bond donors (Lipinski definition) is 0. The van der Waals surface area contributed by atoms with Gasteiger partial charge in [-0.1, -0.05) is 84.9 Å². The number of nitrogens with zero attached hydrogens (tertiary/aromatic N) is 4. The molecule has 1 aliphatic heterocycles. The number of nitriles is 1. The van der Waals surface area contributed by atoms with Crippen LogP contribution in [0.3, 0.4) is 0 Å². The first kappa shape index (κ1) is 29.1. The molecular weight excluding hydrogens is 589 g/mol. The maximum atomic E-state index is 9.42. The molecule has 48 heavy (non-hydrogen) atoms. The summed E-state index contributed by atoms with van der Waals surface area (Å²) in [4.78, 5) is 15.2. The Balaban J connectivity index is 1.33. The van der Waals surface area contributed by atoms with E-state index in [-0.39, 0.29) is 0 Å². The molecule has 0 radical (unpaired) electrons. The van der Waals surface area contributed by atoms with Crippen molar-refractivity contribution in [1.82, 2.24) is 15.0 Å². The Hall–Kier alpha value is -6.38. The van der Waals surface area contributed by atoms with Gasteiger partial charge in [-0.15, -0.1) is 0 Å². The van der Waals surface area contributed by atoms with Gasteiger partial charge in [0, 0.05) is 27.8 Å². The number of aromatic nitrogens is 3. The maximum Gasteiger partial charge on any atom is 0.164 e. The molecule has 0 saturated heterocycles. The van der Waals surface area contributed by atoms with E-state index in [4.69, 9.17) is 19.7 Å². The first-order valence-corrected chi connectivity index (χ1v) is 15.9. The highest BCUT2D eigenvalue weighted by Gasteiger charge is 2.32. The lowest BCUT2D eigenvalue weighted by Crippen LogP contribution is -2.29. The zero-order chi connectivity index (χ0) is 32.7. The van der Waals surface area contributed by atoms with Crippen LogP contribution in [0.4, 0.5) is 0 Å². The van der Waals surface area contributed by atoms with E-state index in [9.17, 15) is 5.26 Å². The highest BCUT2D eigenvalue weighted by atomic mass is 16.5. The van der Waals surface area contributed by atoms with Gasteiger partial charge in [0.05, 0.1) is 11.6 Å². The summed E-state index contributed by atoms with van der Waals surface area (Å²) in [5.41, 5.74) is 10.3. The summed E-state index contributed by atoms with van der Waals surface area (Å²) in [5.74, 6) is 2.47. The van der Waals surface area contributed by atoms with E-state index >= 15 is 0 Å². The minimum absolute atomic E-state index is 0.450. The lowest BCUT2D eigenvalue weighted by molar-refractivity contribution is 0.106. The van der Waals surface area contributed by atoms with Crippen molar-refractivity contribution in [3.8, 4) is 79.4 Å². The molecule has 5 heteroatoms. The third-order valence-electron chi connectivity index (χ3n) is 8.78. The normalized spacial score (nSPS) is 12.7. The molecule has 0 fully saturated rings. The van der Waals surface area contributed by atoms with Gasteiger partial charge in [-0.3, -0.25) is 0 Å². The summed E-state index contributed by atoms with van der Waals surface area (Å²) in [6.45, 7) is 4.19. The molecule has 0 atom stereocenters. The van der Waals surface area contributed by atoms with Gasteiger partial charge in [-0.05, 0) is 102 Å². The van der Waals surface area contributed by atoms with E-state index in [1.165, 1.54) is 0 Å². The summed E-state index contributed by atoms with van der Waals surface area (Å²) in [7, 11) is 0. The molecular formula is C43H30N4O. The van der Waals surface area contributed by atoms with Crippen LogP contribution in [0.1, 0.15) is 25.0 Å². The Morgan fingerprint density at radius 2 is 1.00 bits per heavy atom. The Labute approximate surface area is 279 Å². The Morgan fingerprint density at radius 1 is 0.479 bits per heavy atom. The van der Waals surface area contributed by atoms with Crippen LogP contribution in [0.25, 0.3) is 67.5 Å². The van der Waals surface area contributed by atoms with Crippen molar-refractivity contribution >= 4 is 0 Å². The molecule has 0 saturated carbocycles. The van der Waals surface area contributed by atoms with Crippen molar-refractivity contribution < 1.29 is 4.74 Å². The zero-order valence-electron chi connectivity index (χ0n) is 26.6. The molecule has 2 heterocycles. The largest absolute Gasteiger partial charge is 0.482 e. The van der Waals surface area contributed by atoms with Crippen molar-refractivity contribution in [2.75, 3.05) is 0 Å². The van der Waals surface area contributed by atoms with Crippen LogP contribution in [0.5, 0.6) is 5.75 Å². The minimum atomic E-state index is -0.450. The molecule has 0 spiro atoms. The van der Waals surface area contributed by atoms with Gasteiger partial charge in [0.15, 0.2) is 17.5 Å². The van der Waals surface area contributed by atoms with Crippen LogP contribution in [0.2, 0.25) is 0 Å². The fraction of sp³-hybridized carbons (Fsp3) is 0.0698. The second-order valence-corrected chi connectivity index (χ2v) is 12.4. The van der Waals surface area contributed by atoms with Crippen LogP contribution in [0, 0.1) is 11.3 Å². The van der Waals surface area contributed by atoms with Gasteiger partial charge in [0.25, 0.3) is 0 Å². The Morgan fingerprint density at radius 3 is 1.62 bits per heavy atom. The topological polar surface area (TPSA) is 71.7 Å². The predicted octanol–water partition coefficient (Wildman–Crippen LogP) is 10.4. The second-order valence-electron chi connectivity index (χ2n) is 12.4. The molecule has 0 bridgehead atoms. The number of fused-ring (bicyclic) bond motifs is 3. The molecule has 0 unspecified atom stereocenters. The molecule has 1 aliphatic rings. The lowest BCUT2D eigenvalue weighted by Gasteiger charge is -2.35. The van der Waals surface area contributed by atoms with Crippen molar-refractivity contribution in [3.05, 3.63) is 157 Å². The fourth-order valence-corrected chi connectivity index (χ4v) is 6.35. The van der Waals surface area contributed by atoms with E-state index in [1.54, 1.807) is 12.1 Å². The molecule has 8 rings (SSSR count). The van der Waals surface area contributed by atoms with Crippen LogP contribution in [-0.4, -0.2) is 15.0 Å². The fourth-order valence-electron chi connectivity index (χ4n) is 6.35. The average molecular weight is 619 g/mol. The van der Waals surface area contributed by atoms with Gasteiger partial charge in [-0.2, -0.15) is 5.26 Å². The maximum absolute atomic E-state index is 9.42. The molecule has 0 amide bonds. The average Bonchev–Trinajstić information content (AvgIpc) is 3.15. The van der Waals surface area contributed by atoms with Crippen LogP contribution in [-0.2, 0) is 5.60 Å². The monoisotopic (exact) mass is 618 g/mol. The van der Waals surface area contributed by atoms with Crippen molar-refractivity contribution in [3.63, 3.8) is 0 Å². The smallest absolute Gasteiger partial charge is 0.164 e. The summed E-state index contributed by atoms with van der Waals surface area (Å²) < 4.78 is 6.48. The van der Waals surface area contributed by atoms with E-state index in [2.05, 4.69) is 86.6 Å². The first-order chi connectivity index (χ1) is 23.4. The van der Waals surface area contributed by atoms with Crippen molar-refractivity contribution in [2.24, 2.45) is 0 Å². The first-order valence-electron chi connectivity index (χ1n) is 15.9. The van der Waals surface area contributed by atoms with Crippen molar-refractivity contribution in [2.45, 2.75) is 19.4 Å². The van der Waals surface area contributed by atoms with Gasteiger partial charge >= 0.3 is 0 Å². The van der Waals surface area contributed by atoms with E-state index in [0.29, 0.717) is 23.0 Å². The van der Waals surface area contributed by atoms with E-state index in [1.807, 2.05) is 66.7 Å². The van der Waals surface area contributed by atoms with Crippen LogP contribution < -0.4 is 4.74 Å². The third kappa shape index (κ3) is 5.40. The summed E-state index contributed by atoms with van der Waals surface area (Å²) in [5, 5.41) is 9.42. The summed E-state index contributed by atoms with van der Waals surface area (Å²) in [6.07, 6.45) is 0. The molecule has 0 N–H and O–H groups in total. The number of hydrogen-bond acceptors (Lipinski definition) is 5. The van der Waals surface area contributed by atoms with Gasteiger partial charge in [0.2, 0.25) is 0 Å². The lowest BCUT2D eigenvalue weighted by atomic mass is 9.86.